The zero-order valence-electron chi connectivity index (χ0n) is 14.5. The molecule has 4 rings (SSSR count). The number of aromatic nitrogens is 1. The molecule has 2 aromatic heterocycles. The van der Waals surface area contributed by atoms with Crippen LogP contribution in [0.3, 0.4) is 0 Å². The number of aryl methyl sites for hydroxylation is 1. The van der Waals surface area contributed by atoms with E-state index in [4.69, 9.17) is 4.42 Å². The maximum Gasteiger partial charge on any atom is 0.200 e. The third-order valence-electron chi connectivity index (χ3n) is 4.74. The van der Waals surface area contributed by atoms with Crippen molar-refractivity contribution in [1.82, 2.24) is 9.88 Å². The number of likely N-dealkylation sites (N-methyl/N-ethyl adjacent to an activating group) is 1. The average molecular weight is 335 g/mol. The third kappa shape index (κ3) is 3.03. The molecule has 1 aliphatic rings. The van der Waals surface area contributed by atoms with Crippen LogP contribution in [0.25, 0.3) is 22.2 Å². The third-order valence-corrected chi connectivity index (χ3v) is 4.74. The minimum Gasteiger partial charge on any atom is -0.438 e. The van der Waals surface area contributed by atoms with Crippen molar-refractivity contribution < 1.29 is 4.42 Å². The summed E-state index contributed by atoms with van der Waals surface area (Å²) in [6, 6.07) is 11.4. The fourth-order valence-corrected chi connectivity index (χ4v) is 3.25. The van der Waals surface area contributed by atoms with E-state index in [1.54, 1.807) is 18.3 Å². The molecule has 3 aromatic rings. The summed E-state index contributed by atoms with van der Waals surface area (Å²) in [5.74, 6) is 0.632. The van der Waals surface area contributed by atoms with Gasteiger partial charge in [0.2, 0.25) is 0 Å². The second-order valence-corrected chi connectivity index (χ2v) is 6.64. The molecule has 5 heteroatoms. The van der Waals surface area contributed by atoms with E-state index < -0.39 is 0 Å². The Hall–Kier alpha value is -2.66. The topological polar surface area (TPSA) is 49.6 Å². The van der Waals surface area contributed by atoms with Gasteiger partial charge in [0, 0.05) is 44.0 Å². The van der Waals surface area contributed by atoms with Gasteiger partial charge in [-0.2, -0.15) is 0 Å². The molecule has 1 saturated heterocycles. The highest BCUT2D eigenvalue weighted by Crippen LogP contribution is 2.28. The van der Waals surface area contributed by atoms with Crippen LogP contribution < -0.4 is 10.3 Å². The average Bonchev–Trinajstić information content (AvgIpc) is 2.62. The highest BCUT2D eigenvalue weighted by Gasteiger charge is 2.19. The van der Waals surface area contributed by atoms with Gasteiger partial charge in [0.25, 0.3) is 0 Å². The number of benzene rings is 1. The summed E-state index contributed by atoms with van der Waals surface area (Å²) in [6.07, 6.45) is 1.67. The van der Waals surface area contributed by atoms with Crippen molar-refractivity contribution in [1.29, 1.82) is 0 Å². The predicted octanol–water partition coefficient (Wildman–Crippen LogP) is 2.92. The van der Waals surface area contributed by atoms with Crippen LogP contribution in [-0.2, 0) is 0 Å². The van der Waals surface area contributed by atoms with E-state index in [1.807, 2.05) is 25.1 Å². The summed E-state index contributed by atoms with van der Waals surface area (Å²) >= 11 is 0. The van der Waals surface area contributed by atoms with Crippen molar-refractivity contribution in [2.75, 3.05) is 38.1 Å². The number of piperazine rings is 1. The standard InChI is InChI=1S/C20H21N3O2/c1-14-4-3-5-15(12-14)19-20-16(6-7-21-19)17(24)13-18(25-20)23-10-8-22(2)9-11-23/h3-7,12-13H,8-11H2,1-2H3. The van der Waals surface area contributed by atoms with Gasteiger partial charge in [-0.3, -0.25) is 9.78 Å². The summed E-state index contributed by atoms with van der Waals surface area (Å²) in [6.45, 7) is 5.66. The predicted molar refractivity (Wildman–Crippen MR) is 100 cm³/mol. The lowest BCUT2D eigenvalue weighted by Gasteiger charge is -2.32. The summed E-state index contributed by atoms with van der Waals surface area (Å²) in [5.41, 5.74) is 3.37. The fourth-order valence-electron chi connectivity index (χ4n) is 3.25. The Balaban J connectivity index is 1.86. The van der Waals surface area contributed by atoms with Crippen LogP contribution in [0.2, 0.25) is 0 Å². The Kier molecular flexibility index (Phi) is 4.01. The molecule has 5 nitrogen and oxygen atoms in total. The fraction of sp³-hybridized carbons (Fsp3) is 0.300. The first-order valence-corrected chi connectivity index (χ1v) is 8.55. The van der Waals surface area contributed by atoms with E-state index in [0.29, 0.717) is 22.5 Å². The van der Waals surface area contributed by atoms with Crippen molar-refractivity contribution in [3.8, 4) is 11.3 Å². The Morgan fingerprint density at radius 2 is 1.88 bits per heavy atom. The minimum atomic E-state index is -0.0218. The van der Waals surface area contributed by atoms with E-state index >= 15 is 0 Å². The first-order valence-electron chi connectivity index (χ1n) is 8.55. The second-order valence-electron chi connectivity index (χ2n) is 6.64. The van der Waals surface area contributed by atoms with E-state index in [1.165, 1.54) is 0 Å². The molecule has 0 saturated carbocycles. The largest absolute Gasteiger partial charge is 0.438 e. The molecule has 3 heterocycles. The molecular formula is C20H21N3O2. The van der Waals surface area contributed by atoms with Crippen molar-refractivity contribution in [2.24, 2.45) is 0 Å². The van der Waals surface area contributed by atoms with Crippen LogP contribution in [0.1, 0.15) is 5.56 Å². The van der Waals surface area contributed by atoms with Crippen molar-refractivity contribution in [3.05, 3.63) is 58.4 Å². The molecule has 25 heavy (non-hydrogen) atoms. The van der Waals surface area contributed by atoms with Gasteiger partial charge in [-0.1, -0.05) is 23.8 Å². The first-order chi connectivity index (χ1) is 12.1. The van der Waals surface area contributed by atoms with Crippen LogP contribution in [-0.4, -0.2) is 43.1 Å². The van der Waals surface area contributed by atoms with Crippen LogP contribution >= 0.6 is 0 Å². The van der Waals surface area contributed by atoms with E-state index in [-0.39, 0.29) is 5.43 Å². The van der Waals surface area contributed by atoms with E-state index in [9.17, 15) is 4.79 Å². The maximum absolute atomic E-state index is 12.6. The molecule has 0 atom stereocenters. The van der Waals surface area contributed by atoms with Crippen LogP contribution in [0.4, 0.5) is 5.88 Å². The highest BCUT2D eigenvalue weighted by molar-refractivity contribution is 5.90. The smallest absolute Gasteiger partial charge is 0.200 e. The normalized spacial score (nSPS) is 15.7. The van der Waals surface area contributed by atoms with Gasteiger partial charge < -0.3 is 14.2 Å². The van der Waals surface area contributed by atoms with Crippen LogP contribution in [0.15, 0.2) is 51.8 Å². The Labute approximate surface area is 146 Å². The maximum atomic E-state index is 12.6. The molecular weight excluding hydrogens is 314 g/mol. The highest BCUT2D eigenvalue weighted by atomic mass is 16.4. The SMILES string of the molecule is Cc1cccc(-c2nccc3c(=O)cc(N4CCN(C)CC4)oc23)c1. The molecule has 0 aliphatic carbocycles. The Morgan fingerprint density at radius 3 is 2.64 bits per heavy atom. The van der Waals surface area contributed by atoms with Crippen LogP contribution in [0, 0.1) is 6.92 Å². The summed E-state index contributed by atoms with van der Waals surface area (Å²) in [4.78, 5) is 21.5. The monoisotopic (exact) mass is 335 g/mol. The second kappa shape index (κ2) is 6.33. The zero-order chi connectivity index (χ0) is 17.4. The number of nitrogens with zero attached hydrogens (tertiary/aromatic N) is 3. The van der Waals surface area contributed by atoms with Crippen molar-refractivity contribution in [3.63, 3.8) is 0 Å². The molecule has 0 bridgehead atoms. The number of anilines is 1. The molecule has 0 unspecified atom stereocenters. The molecule has 0 N–H and O–H groups in total. The molecule has 0 radical (unpaired) electrons. The molecule has 1 aromatic carbocycles. The van der Waals surface area contributed by atoms with Gasteiger partial charge in [-0.15, -0.1) is 0 Å². The number of fused-ring (bicyclic) bond motifs is 1. The summed E-state index contributed by atoms with van der Waals surface area (Å²) in [7, 11) is 2.10. The lowest BCUT2D eigenvalue weighted by molar-refractivity contribution is 0.306. The zero-order valence-corrected chi connectivity index (χ0v) is 14.5. The van der Waals surface area contributed by atoms with Gasteiger partial charge >= 0.3 is 0 Å². The van der Waals surface area contributed by atoms with Gasteiger partial charge in [-0.05, 0) is 26.1 Å². The molecule has 0 amide bonds. The minimum absolute atomic E-state index is 0.0218. The van der Waals surface area contributed by atoms with Crippen molar-refractivity contribution in [2.45, 2.75) is 6.92 Å². The summed E-state index contributed by atoms with van der Waals surface area (Å²) < 4.78 is 6.19. The van der Waals surface area contributed by atoms with Gasteiger partial charge in [0.1, 0.15) is 5.69 Å². The molecule has 1 fully saturated rings. The lowest BCUT2D eigenvalue weighted by Crippen LogP contribution is -2.44. The number of rotatable bonds is 2. The molecule has 1 aliphatic heterocycles. The quantitative estimate of drug-likeness (QED) is 0.721. The van der Waals surface area contributed by atoms with E-state index in [0.717, 1.165) is 37.3 Å². The lowest BCUT2D eigenvalue weighted by atomic mass is 10.1. The Morgan fingerprint density at radius 1 is 1.08 bits per heavy atom. The summed E-state index contributed by atoms with van der Waals surface area (Å²) in [5, 5.41) is 0.574. The van der Waals surface area contributed by atoms with E-state index in [2.05, 4.69) is 27.9 Å². The van der Waals surface area contributed by atoms with Crippen molar-refractivity contribution >= 4 is 16.9 Å². The number of hydrogen-bond donors (Lipinski definition) is 0. The number of pyridine rings is 1. The first kappa shape index (κ1) is 15.8. The van der Waals surface area contributed by atoms with Gasteiger partial charge in [0.15, 0.2) is 16.9 Å². The Bertz CT molecular complexity index is 972. The molecule has 128 valence electrons. The van der Waals surface area contributed by atoms with Gasteiger partial charge in [-0.25, -0.2) is 0 Å². The van der Waals surface area contributed by atoms with Crippen LogP contribution in [0.5, 0.6) is 0 Å². The number of hydrogen-bond acceptors (Lipinski definition) is 5. The van der Waals surface area contributed by atoms with Gasteiger partial charge in [0.05, 0.1) is 5.39 Å². The molecule has 0 spiro atoms.